The first-order chi connectivity index (χ1) is 7.14. The van der Waals surface area contributed by atoms with Crippen LogP contribution in [0.5, 0.6) is 0 Å². The minimum absolute atomic E-state index is 0.323. The Hall–Kier alpha value is -0.0800. The second-order valence-electron chi connectivity index (χ2n) is 5.91. The molecule has 2 atom stereocenters. The van der Waals surface area contributed by atoms with Gasteiger partial charge in [0.15, 0.2) is 0 Å². The highest BCUT2D eigenvalue weighted by Gasteiger charge is 2.45. The van der Waals surface area contributed by atoms with Crippen molar-refractivity contribution in [3.8, 4) is 0 Å². The molecule has 0 radical (unpaired) electrons. The van der Waals surface area contributed by atoms with Gasteiger partial charge in [-0.05, 0) is 30.6 Å². The van der Waals surface area contributed by atoms with Gasteiger partial charge < -0.3 is 9.47 Å². The summed E-state index contributed by atoms with van der Waals surface area (Å²) in [6.45, 7) is 9.39. The summed E-state index contributed by atoms with van der Waals surface area (Å²) < 4.78 is 11.1. The Morgan fingerprint density at radius 2 is 1.80 bits per heavy atom. The SMILES string of the molecule is CC(C)C1CC[C@@H](C)CC12COCOC2. The monoisotopic (exact) mass is 212 g/mol. The predicted molar refractivity (Wildman–Crippen MR) is 60.5 cm³/mol. The molecule has 0 amide bonds. The van der Waals surface area contributed by atoms with Crippen LogP contribution in [0.25, 0.3) is 0 Å². The van der Waals surface area contributed by atoms with Gasteiger partial charge in [0.2, 0.25) is 0 Å². The van der Waals surface area contributed by atoms with E-state index in [0.29, 0.717) is 12.2 Å². The summed E-state index contributed by atoms with van der Waals surface area (Å²) in [5.41, 5.74) is 0.323. The second-order valence-corrected chi connectivity index (χ2v) is 5.91. The molecule has 1 spiro atoms. The van der Waals surface area contributed by atoms with Gasteiger partial charge in [-0.15, -0.1) is 0 Å². The Morgan fingerprint density at radius 3 is 2.40 bits per heavy atom. The van der Waals surface area contributed by atoms with Crippen molar-refractivity contribution in [3.05, 3.63) is 0 Å². The molecule has 88 valence electrons. The summed E-state index contributed by atoms with van der Waals surface area (Å²) in [5.74, 6) is 2.38. The van der Waals surface area contributed by atoms with Crippen LogP contribution in [0.2, 0.25) is 0 Å². The lowest BCUT2D eigenvalue weighted by atomic mass is 9.60. The zero-order valence-electron chi connectivity index (χ0n) is 10.3. The molecule has 0 bridgehead atoms. The minimum atomic E-state index is 0.323. The zero-order valence-corrected chi connectivity index (χ0v) is 10.3. The Kier molecular flexibility index (Phi) is 3.36. The summed E-state index contributed by atoms with van der Waals surface area (Å²) in [7, 11) is 0. The van der Waals surface area contributed by atoms with Crippen LogP contribution in [0.3, 0.4) is 0 Å². The lowest BCUT2D eigenvalue weighted by Gasteiger charge is -2.49. The molecule has 1 saturated heterocycles. The zero-order chi connectivity index (χ0) is 10.9. The Morgan fingerprint density at radius 1 is 1.13 bits per heavy atom. The van der Waals surface area contributed by atoms with Crippen molar-refractivity contribution < 1.29 is 9.47 Å². The van der Waals surface area contributed by atoms with Gasteiger partial charge in [0.25, 0.3) is 0 Å². The molecule has 2 heteroatoms. The second kappa shape index (κ2) is 4.42. The highest BCUT2D eigenvalue weighted by molar-refractivity contribution is 4.93. The molecule has 15 heavy (non-hydrogen) atoms. The van der Waals surface area contributed by atoms with Crippen LogP contribution in [0, 0.1) is 23.2 Å². The highest BCUT2D eigenvalue weighted by Crippen LogP contribution is 2.48. The molecule has 0 aromatic carbocycles. The molecule has 2 rings (SSSR count). The summed E-state index contributed by atoms with van der Waals surface area (Å²) >= 11 is 0. The van der Waals surface area contributed by atoms with E-state index in [2.05, 4.69) is 20.8 Å². The third-order valence-electron chi connectivity index (χ3n) is 4.26. The van der Waals surface area contributed by atoms with Crippen molar-refractivity contribution in [2.24, 2.45) is 23.2 Å². The quantitative estimate of drug-likeness (QED) is 0.665. The van der Waals surface area contributed by atoms with Crippen LogP contribution in [-0.4, -0.2) is 20.0 Å². The van der Waals surface area contributed by atoms with Crippen molar-refractivity contribution in [2.45, 2.75) is 40.0 Å². The van der Waals surface area contributed by atoms with Crippen molar-refractivity contribution in [2.75, 3.05) is 20.0 Å². The fourth-order valence-electron chi connectivity index (χ4n) is 3.68. The molecule has 1 aliphatic carbocycles. The predicted octanol–water partition coefficient (Wildman–Crippen LogP) is 3.07. The first-order valence-electron chi connectivity index (χ1n) is 6.29. The summed E-state index contributed by atoms with van der Waals surface area (Å²) in [5, 5.41) is 0. The van der Waals surface area contributed by atoms with Gasteiger partial charge in [-0.2, -0.15) is 0 Å². The number of hydrogen-bond acceptors (Lipinski definition) is 2. The van der Waals surface area contributed by atoms with E-state index >= 15 is 0 Å². The third-order valence-corrected chi connectivity index (χ3v) is 4.26. The summed E-state index contributed by atoms with van der Waals surface area (Å²) in [4.78, 5) is 0. The van der Waals surface area contributed by atoms with Gasteiger partial charge in [-0.1, -0.05) is 27.2 Å². The largest absolute Gasteiger partial charge is 0.355 e. The van der Waals surface area contributed by atoms with E-state index in [-0.39, 0.29) is 0 Å². The highest BCUT2D eigenvalue weighted by atomic mass is 16.7. The van der Waals surface area contributed by atoms with E-state index in [0.717, 1.165) is 31.0 Å². The number of hydrogen-bond donors (Lipinski definition) is 0. The van der Waals surface area contributed by atoms with Gasteiger partial charge >= 0.3 is 0 Å². The summed E-state index contributed by atoms with van der Waals surface area (Å²) in [6, 6.07) is 0. The third kappa shape index (κ3) is 2.21. The van der Waals surface area contributed by atoms with Gasteiger partial charge in [0.1, 0.15) is 6.79 Å². The molecule has 2 aliphatic rings. The summed E-state index contributed by atoms with van der Waals surface area (Å²) in [6.07, 6.45) is 4.02. The molecule has 1 saturated carbocycles. The lowest BCUT2D eigenvalue weighted by molar-refractivity contribution is -0.201. The van der Waals surface area contributed by atoms with E-state index in [4.69, 9.17) is 9.47 Å². The lowest BCUT2D eigenvalue weighted by Crippen LogP contribution is -2.48. The van der Waals surface area contributed by atoms with Gasteiger partial charge in [-0.3, -0.25) is 0 Å². The average Bonchev–Trinajstić information content (AvgIpc) is 2.18. The molecule has 0 N–H and O–H groups in total. The first-order valence-corrected chi connectivity index (χ1v) is 6.29. The Bertz CT molecular complexity index is 207. The Balaban J connectivity index is 2.14. The van der Waals surface area contributed by atoms with Crippen LogP contribution in [0.15, 0.2) is 0 Å². The molecule has 0 aromatic heterocycles. The molecule has 2 nitrogen and oxygen atoms in total. The number of ether oxygens (including phenoxy) is 2. The van der Waals surface area contributed by atoms with Crippen LogP contribution >= 0.6 is 0 Å². The van der Waals surface area contributed by atoms with Crippen molar-refractivity contribution >= 4 is 0 Å². The molecule has 2 fully saturated rings. The maximum absolute atomic E-state index is 5.57. The van der Waals surface area contributed by atoms with Gasteiger partial charge in [0.05, 0.1) is 13.2 Å². The van der Waals surface area contributed by atoms with Crippen LogP contribution in [0.4, 0.5) is 0 Å². The molecular weight excluding hydrogens is 188 g/mol. The molecule has 1 unspecified atom stereocenters. The number of rotatable bonds is 1. The van der Waals surface area contributed by atoms with Crippen molar-refractivity contribution in [1.82, 2.24) is 0 Å². The smallest absolute Gasteiger partial charge is 0.146 e. The van der Waals surface area contributed by atoms with E-state index in [1.165, 1.54) is 19.3 Å². The molecular formula is C13H24O2. The van der Waals surface area contributed by atoms with Crippen LogP contribution in [-0.2, 0) is 9.47 Å². The first kappa shape index (κ1) is 11.4. The normalized spacial score (nSPS) is 36.0. The Labute approximate surface area is 93.3 Å². The fraction of sp³-hybridized carbons (Fsp3) is 1.00. The topological polar surface area (TPSA) is 18.5 Å². The van der Waals surface area contributed by atoms with E-state index in [9.17, 15) is 0 Å². The van der Waals surface area contributed by atoms with E-state index in [1.54, 1.807) is 0 Å². The maximum atomic E-state index is 5.57. The average molecular weight is 212 g/mol. The van der Waals surface area contributed by atoms with Gasteiger partial charge in [0, 0.05) is 5.41 Å². The van der Waals surface area contributed by atoms with Crippen LogP contribution in [0.1, 0.15) is 40.0 Å². The standard InChI is InChI=1S/C13H24O2/c1-10(2)12-5-4-11(3)6-13(12)7-14-9-15-8-13/h10-12H,4-9H2,1-3H3/t11-,12?/m1/s1. The van der Waals surface area contributed by atoms with Crippen LogP contribution < -0.4 is 0 Å². The van der Waals surface area contributed by atoms with E-state index < -0.39 is 0 Å². The van der Waals surface area contributed by atoms with Crippen molar-refractivity contribution in [1.29, 1.82) is 0 Å². The van der Waals surface area contributed by atoms with Gasteiger partial charge in [-0.25, -0.2) is 0 Å². The van der Waals surface area contributed by atoms with E-state index in [1.807, 2.05) is 0 Å². The molecule has 1 aliphatic heterocycles. The minimum Gasteiger partial charge on any atom is -0.355 e. The molecule has 1 heterocycles. The fourth-order valence-corrected chi connectivity index (χ4v) is 3.68. The van der Waals surface area contributed by atoms with Crippen molar-refractivity contribution in [3.63, 3.8) is 0 Å². The molecule has 0 aromatic rings. The maximum Gasteiger partial charge on any atom is 0.146 e.